The number of nitrogens with one attached hydrogen (secondary N) is 1. The van der Waals surface area contributed by atoms with Gasteiger partial charge in [0.25, 0.3) is 0 Å². The van der Waals surface area contributed by atoms with Crippen LogP contribution in [0.15, 0.2) is 53.9 Å². The molecular weight excluding hydrogens is 408 g/mol. The van der Waals surface area contributed by atoms with Gasteiger partial charge in [-0.3, -0.25) is 14.3 Å². The van der Waals surface area contributed by atoms with Crippen molar-refractivity contribution < 1.29 is 4.79 Å². The zero-order valence-electron chi connectivity index (χ0n) is 18.0. The number of thioether (sulfide) groups is 1. The van der Waals surface area contributed by atoms with E-state index in [1.165, 1.54) is 11.8 Å². The first-order chi connectivity index (χ1) is 15.2. The molecular formula is C23H28N6OS. The highest BCUT2D eigenvalue weighted by molar-refractivity contribution is 7.99. The fourth-order valence-corrected chi connectivity index (χ4v) is 4.63. The van der Waals surface area contributed by atoms with E-state index < -0.39 is 0 Å². The summed E-state index contributed by atoms with van der Waals surface area (Å²) in [5.41, 5.74) is 3.06. The average molecular weight is 437 g/mol. The van der Waals surface area contributed by atoms with Crippen molar-refractivity contribution in [2.45, 2.75) is 37.9 Å². The maximum Gasteiger partial charge on any atom is 0.230 e. The van der Waals surface area contributed by atoms with Crippen LogP contribution in [0.4, 0.5) is 0 Å². The highest BCUT2D eigenvalue weighted by atomic mass is 32.2. The number of pyridine rings is 1. The van der Waals surface area contributed by atoms with Gasteiger partial charge in [0.2, 0.25) is 5.91 Å². The molecule has 4 rings (SSSR count). The second-order valence-electron chi connectivity index (χ2n) is 7.73. The lowest BCUT2D eigenvalue weighted by Crippen LogP contribution is -2.45. The van der Waals surface area contributed by atoms with E-state index in [9.17, 15) is 4.79 Å². The van der Waals surface area contributed by atoms with E-state index in [2.05, 4.69) is 51.4 Å². The minimum atomic E-state index is 0.0461. The third-order valence-electron chi connectivity index (χ3n) is 5.66. The Labute approximate surface area is 187 Å². The van der Waals surface area contributed by atoms with E-state index in [-0.39, 0.29) is 11.9 Å². The molecule has 1 saturated heterocycles. The molecule has 8 heteroatoms. The van der Waals surface area contributed by atoms with Crippen LogP contribution in [0, 0.1) is 6.92 Å². The van der Waals surface area contributed by atoms with Crippen LogP contribution >= 0.6 is 11.8 Å². The van der Waals surface area contributed by atoms with Crippen LogP contribution in [-0.4, -0.2) is 62.0 Å². The van der Waals surface area contributed by atoms with Crippen molar-refractivity contribution in [1.29, 1.82) is 0 Å². The first-order valence-electron chi connectivity index (χ1n) is 10.7. The Kier molecular flexibility index (Phi) is 6.99. The molecule has 162 valence electrons. The van der Waals surface area contributed by atoms with Gasteiger partial charge in [0.05, 0.1) is 11.4 Å². The summed E-state index contributed by atoms with van der Waals surface area (Å²) in [6.07, 6.45) is 5.51. The number of amides is 1. The number of nitrogens with zero attached hydrogens (tertiary/aromatic N) is 5. The van der Waals surface area contributed by atoms with Crippen molar-refractivity contribution in [1.82, 2.24) is 30.0 Å². The van der Waals surface area contributed by atoms with E-state index in [1.54, 1.807) is 12.4 Å². The number of para-hydroxylation sites is 1. The summed E-state index contributed by atoms with van der Waals surface area (Å²) in [6.45, 7) is 7.41. The second kappa shape index (κ2) is 10.1. The average Bonchev–Trinajstić information content (AvgIpc) is 3.23. The smallest absolute Gasteiger partial charge is 0.230 e. The summed E-state index contributed by atoms with van der Waals surface area (Å²) in [5.74, 6) is 1.10. The van der Waals surface area contributed by atoms with Gasteiger partial charge in [-0.25, -0.2) is 0 Å². The summed E-state index contributed by atoms with van der Waals surface area (Å²) < 4.78 is 2.03. The predicted molar refractivity (Wildman–Crippen MR) is 123 cm³/mol. The Hall–Kier alpha value is -2.71. The maximum atomic E-state index is 12.6. The molecule has 3 heterocycles. The first-order valence-corrected chi connectivity index (χ1v) is 11.7. The zero-order valence-corrected chi connectivity index (χ0v) is 18.8. The largest absolute Gasteiger partial charge is 0.353 e. The fraction of sp³-hybridized carbons (Fsp3) is 0.391. The number of piperidine rings is 1. The molecule has 31 heavy (non-hydrogen) atoms. The van der Waals surface area contributed by atoms with E-state index in [1.807, 2.05) is 28.8 Å². The monoisotopic (exact) mass is 436 g/mol. The number of carbonyl (C=O) groups is 1. The first kappa shape index (κ1) is 21.5. The lowest BCUT2D eigenvalue weighted by molar-refractivity contribution is -0.119. The van der Waals surface area contributed by atoms with E-state index in [0.29, 0.717) is 10.9 Å². The Morgan fingerprint density at radius 3 is 2.58 bits per heavy atom. The Bertz CT molecular complexity index is 1010. The molecule has 7 nitrogen and oxygen atoms in total. The topological polar surface area (TPSA) is 75.9 Å². The fourth-order valence-electron chi connectivity index (χ4n) is 3.88. The standard InChI is InChI=1S/C23H28N6OS/c1-3-28-14-10-19(11-15-28)25-21(30)16-31-23-27-26-22(18-8-12-24-13-9-18)29(23)20-7-5-4-6-17(20)2/h4-9,12-13,19H,3,10-11,14-16H2,1-2H3,(H,25,30). The van der Waals surface area contributed by atoms with Crippen LogP contribution in [0.5, 0.6) is 0 Å². The molecule has 0 aliphatic carbocycles. The van der Waals surface area contributed by atoms with Gasteiger partial charge >= 0.3 is 0 Å². The van der Waals surface area contributed by atoms with E-state index >= 15 is 0 Å². The van der Waals surface area contributed by atoms with Crippen LogP contribution in [0.1, 0.15) is 25.3 Å². The molecule has 1 amide bonds. The summed E-state index contributed by atoms with van der Waals surface area (Å²) >= 11 is 1.42. The number of hydrogen-bond donors (Lipinski definition) is 1. The highest BCUT2D eigenvalue weighted by Crippen LogP contribution is 2.29. The van der Waals surface area contributed by atoms with Gasteiger partial charge in [0.15, 0.2) is 11.0 Å². The molecule has 0 unspecified atom stereocenters. The van der Waals surface area contributed by atoms with Gasteiger partial charge in [-0.2, -0.15) is 0 Å². The number of rotatable bonds is 7. The molecule has 3 aromatic rings. The molecule has 1 N–H and O–H groups in total. The van der Waals surface area contributed by atoms with Crippen molar-refractivity contribution in [2.24, 2.45) is 0 Å². The Morgan fingerprint density at radius 1 is 1.13 bits per heavy atom. The van der Waals surface area contributed by atoms with E-state index in [4.69, 9.17) is 0 Å². The maximum absolute atomic E-state index is 12.6. The Balaban J connectivity index is 1.50. The number of aryl methyl sites for hydroxylation is 1. The van der Waals surface area contributed by atoms with Crippen LogP contribution in [0.2, 0.25) is 0 Å². The van der Waals surface area contributed by atoms with Crippen LogP contribution in [0.25, 0.3) is 17.1 Å². The number of aromatic nitrogens is 4. The van der Waals surface area contributed by atoms with Crippen molar-refractivity contribution in [3.05, 3.63) is 54.4 Å². The third-order valence-corrected chi connectivity index (χ3v) is 6.59. The van der Waals surface area contributed by atoms with Gasteiger partial charge in [0, 0.05) is 37.1 Å². The van der Waals surface area contributed by atoms with Gasteiger partial charge < -0.3 is 10.2 Å². The number of hydrogen-bond acceptors (Lipinski definition) is 6. The number of carbonyl (C=O) groups excluding carboxylic acids is 1. The molecule has 0 spiro atoms. The minimum absolute atomic E-state index is 0.0461. The van der Waals surface area contributed by atoms with Crippen LogP contribution < -0.4 is 5.32 Å². The normalized spacial score (nSPS) is 15.2. The third kappa shape index (κ3) is 5.14. The SMILES string of the molecule is CCN1CCC(NC(=O)CSc2nnc(-c3ccncc3)n2-c2ccccc2C)CC1. The summed E-state index contributed by atoms with van der Waals surface area (Å²) in [7, 11) is 0. The second-order valence-corrected chi connectivity index (χ2v) is 8.67. The molecule has 0 atom stereocenters. The lowest BCUT2D eigenvalue weighted by atomic mass is 10.1. The molecule has 0 radical (unpaired) electrons. The van der Waals surface area contributed by atoms with Gasteiger partial charge in [0.1, 0.15) is 0 Å². The Morgan fingerprint density at radius 2 is 1.87 bits per heavy atom. The van der Waals surface area contributed by atoms with Crippen molar-refractivity contribution in [2.75, 3.05) is 25.4 Å². The van der Waals surface area contributed by atoms with Gasteiger partial charge in [-0.1, -0.05) is 36.9 Å². The van der Waals surface area contributed by atoms with Gasteiger partial charge in [-0.05, 0) is 50.1 Å². The predicted octanol–water partition coefficient (Wildman–Crippen LogP) is 3.33. The van der Waals surface area contributed by atoms with Crippen molar-refractivity contribution in [3.8, 4) is 17.1 Å². The molecule has 1 aliphatic heterocycles. The van der Waals surface area contributed by atoms with Crippen LogP contribution in [-0.2, 0) is 4.79 Å². The molecule has 1 aliphatic rings. The highest BCUT2D eigenvalue weighted by Gasteiger charge is 2.21. The number of likely N-dealkylation sites (tertiary alicyclic amines) is 1. The van der Waals surface area contributed by atoms with Crippen molar-refractivity contribution in [3.63, 3.8) is 0 Å². The minimum Gasteiger partial charge on any atom is -0.353 e. The molecule has 1 aromatic carbocycles. The molecule has 0 saturated carbocycles. The van der Waals surface area contributed by atoms with Gasteiger partial charge in [-0.15, -0.1) is 10.2 Å². The van der Waals surface area contributed by atoms with Crippen molar-refractivity contribution >= 4 is 17.7 Å². The lowest BCUT2D eigenvalue weighted by Gasteiger charge is -2.31. The summed E-state index contributed by atoms with van der Waals surface area (Å²) in [6, 6.07) is 12.2. The molecule has 1 fully saturated rings. The molecule has 0 bridgehead atoms. The zero-order chi connectivity index (χ0) is 21.6. The quantitative estimate of drug-likeness (QED) is 0.573. The van der Waals surface area contributed by atoms with E-state index in [0.717, 1.165) is 55.1 Å². The number of benzene rings is 1. The van der Waals surface area contributed by atoms with Crippen LogP contribution in [0.3, 0.4) is 0 Å². The molecule has 2 aromatic heterocycles. The summed E-state index contributed by atoms with van der Waals surface area (Å²) in [4.78, 5) is 19.1. The summed E-state index contributed by atoms with van der Waals surface area (Å²) in [5, 5.41) is 12.8.